The summed E-state index contributed by atoms with van der Waals surface area (Å²) >= 11 is 0. The van der Waals surface area contributed by atoms with Gasteiger partial charge in [-0.1, -0.05) is 23.8 Å². The lowest BCUT2D eigenvalue weighted by Gasteiger charge is -2.42. The number of nitrogens with zero attached hydrogens (tertiary/aromatic N) is 4. The summed E-state index contributed by atoms with van der Waals surface area (Å²) in [5, 5.41) is 36.2. The molecule has 0 radical (unpaired) electrons. The fourth-order valence-electron chi connectivity index (χ4n) is 4.47. The van der Waals surface area contributed by atoms with Gasteiger partial charge in [0.1, 0.15) is 6.17 Å². The Morgan fingerprint density at radius 2 is 1.86 bits per heavy atom. The molecule has 3 N–H and O–H groups in total. The molecule has 28 heavy (non-hydrogen) atoms. The lowest BCUT2D eigenvalue weighted by atomic mass is 9.99. The lowest BCUT2D eigenvalue weighted by Crippen LogP contribution is -2.59. The minimum atomic E-state index is -1.86. The summed E-state index contributed by atoms with van der Waals surface area (Å²) in [6.45, 7) is 8.29. The van der Waals surface area contributed by atoms with Gasteiger partial charge in [-0.05, 0) is 54.0 Å². The molecule has 1 saturated heterocycles. The second-order valence-corrected chi connectivity index (χ2v) is 9.05. The van der Waals surface area contributed by atoms with Crippen LogP contribution in [0.1, 0.15) is 53.4 Å². The van der Waals surface area contributed by atoms with E-state index in [1.807, 2.05) is 34.0 Å². The average molecular weight is 397 g/mol. The third-order valence-electron chi connectivity index (χ3n) is 6.28. The zero-order chi connectivity index (χ0) is 21.3. The highest BCUT2D eigenvalue weighted by molar-refractivity contribution is 5.17. The standard InChI is InChI=1S/C21H40N4O3/c1-16(25-17(2)23(6)24(7)19(25)20(3,4)26)15-22(5)21(27,28)14-13-18-11-9-8-10-12-18/h8-9,11,16-17,19,26-28H,10,12-15H2,1-7H3. The largest absolute Gasteiger partial charge is 0.387 e. The summed E-state index contributed by atoms with van der Waals surface area (Å²) < 4.78 is 0. The van der Waals surface area contributed by atoms with E-state index < -0.39 is 11.5 Å². The van der Waals surface area contributed by atoms with E-state index in [1.165, 1.54) is 5.57 Å². The quantitative estimate of drug-likeness (QED) is 0.538. The van der Waals surface area contributed by atoms with Crippen LogP contribution in [0.3, 0.4) is 0 Å². The Balaban J connectivity index is 2.03. The van der Waals surface area contributed by atoms with E-state index in [2.05, 4.69) is 40.9 Å². The summed E-state index contributed by atoms with van der Waals surface area (Å²) in [4.78, 5) is 3.85. The van der Waals surface area contributed by atoms with E-state index in [0.717, 1.165) is 12.8 Å². The minimum absolute atomic E-state index is 0.0133. The Morgan fingerprint density at radius 1 is 1.21 bits per heavy atom. The molecule has 1 fully saturated rings. The van der Waals surface area contributed by atoms with Crippen molar-refractivity contribution in [1.82, 2.24) is 19.8 Å². The van der Waals surface area contributed by atoms with Gasteiger partial charge in [0.25, 0.3) is 0 Å². The van der Waals surface area contributed by atoms with Crippen molar-refractivity contribution in [2.24, 2.45) is 0 Å². The molecular weight excluding hydrogens is 356 g/mol. The molecule has 0 aromatic rings. The van der Waals surface area contributed by atoms with Crippen LogP contribution in [0.15, 0.2) is 23.8 Å². The second-order valence-electron chi connectivity index (χ2n) is 9.05. The predicted molar refractivity (Wildman–Crippen MR) is 112 cm³/mol. The molecule has 1 heterocycles. The first-order valence-electron chi connectivity index (χ1n) is 10.3. The Bertz CT molecular complexity index is 585. The molecule has 7 nitrogen and oxygen atoms in total. The highest BCUT2D eigenvalue weighted by atomic mass is 16.5. The third-order valence-corrected chi connectivity index (χ3v) is 6.28. The summed E-state index contributed by atoms with van der Waals surface area (Å²) in [6, 6.07) is 0.0133. The van der Waals surface area contributed by atoms with Crippen LogP contribution in [-0.2, 0) is 0 Å². The molecule has 0 aromatic carbocycles. The summed E-state index contributed by atoms with van der Waals surface area (Å²) in [5.41, 5.74) is 0.340. The van der Waals surface area contributed by atoms with E-state index in [0.29, 0.717) is 13.0 Å². The van der Waals surface area contributed by atoms with Crippen LogP contribution in [-0.4, -0.2) is 92.7 Å². The van der Waals surface area contributed by atoms with Crippen LogP contribution in [0.25, 0.3) is 0 Å². The van der Waals surface area contributed by atoms with Gasteiger partial charge in [0.15, 0.2) is 0 Å². The number of aliphatic hydroxyl groups is 3. The molecule has 2 rings (SSSR count). The number of hydrogen-bond donors (Lipinski definition) is 3. The first kappa shape index (κ1) is 23.5. The van der Waals surface area contributed by atoms with Gasteiger partial charge in [-0.25, -0.2) is 10.0 Å². The Hall–Kier alpha value is -0.800. The first-order valence-corrected chi connectivity index (χ1v) is 10.3. The molecule has 3 atom stereocenters. The molecule has 0 saturated carbocycles. The maximum atomic E-state index is 10.7. The smallest absolute Gasteiger partial charge is 0.225 e. The summed E-state index contributed by atoms with van der Waals surface area (Å²) in [7, 11) is 5.73. The van der Waals surface area contributed by atoms with Crippen molar-refractivity contribution in [3.8, 4) is 0 Å². The van der Waals surface area contributed by atoms with Crippen molar-refractivity contribution < 1.29 is 15.3 Å². The van der Waals surface area contributed by atoms with Crippen molar-refractivity contribution in [3.63, 3.8) is 0 Å². The highest BCUT2D eigenvalue weighted by Gasteiger charge is 2.49. The number of hydrazine groups is 1. The van der Waals surface area contributed by atoms with E-state index in [4.69, 9.17) is 0 Å². The third kappa shape index (κ3) is 5.21. The van der Waals surface area contributed by atoms with Gasteiger partial charge in [-0.2, -0.15) is 0 Å². The van der Waals surface area contributed by atoms with Gasteiger partial charge in [-0.15, -0.1) is 0 Å². The van der Waals surface area contributed by atoms with Crippen molar-refractivity contribution in [1.29, 1.82) is 0 Å². The molecule has 2 aliphatic rings. The number of likely N-dealkylation sites (N-methyl/N-ethyl adjacent to an activating group) is 2. The van der Waals surface area contributed by atoms with Gasteiger partial charge in [0.05, 0.1) is 11.8 Å². The normalized spacial score (nSPS) is 26.9. The molecule has 3 unspecified atom stereocenters. The minimum Gasteiger partial charge on any atom is -0.387 e. The fourth-order valence-corrected chi connectivity index (χ4v) is 4.47. The van der Waals surface area contributed by atoms with Gasteiger partial charge in [0.2, 0.25) is 5.91 Å². The van der Waals surface area contributed by atoms with Crippen LogP contribution in [0.2, 0.25) is 0 Å². The second kappa shape index (κ2) is 8.92. The Labute approximate surface area is 170 Å². The maximum absolute atomic E-state index is 10.7. The molecular formula is C21H40N4O3. The van der Waals surface area contributed by atoms with Crippen molar-refractivity contribution in [3.05, 3.63) is 23.8 Å². The molecule has 1 aliphatic carbocycles. The van der Waals surface area contributed by atoms with Gasteiger partial charge < -0.3 is 15.3 Å². The monoisotopic (exact) mass is 396 g/mol. The molecule has 0 spiro atoms. The maximum Gasteiger partial charge on any atom is 0.225 e. The average Bonchev–Trinajstić information content (AvgIpc) is 2.85. The summed E-state index contributed by atoms with van der Waals surface area (Å²) in [5.74, 6) is -1.86. The Kier molecular flexibility index (Phi) is 7.48. The van der Waals surface area contributed by atoms with Gasteiger partial charge in [0, 0.05) is 33.1 Å². The number of hydrogen-bond acceptors (Lipinski definition) is 7. The van der Waals surface area contributed by atoms with Crippen LogP contribution in [0, 0.1) is 0 Å². The lowest BCUT2D eigenvalue weighted by molar-refractivity contribution is -0.263. The zero-order valence-electron chi connectivity index (χ0n) is 18.6. The van der Waals surface area contributed by atoms with Crippen LogP contribution >= 0.6 is 0 Å². The zero-order valence-corrected chi connectivity index (χ0v) is 18.6. The molecule has 7 heteroatoms. The van der Waals surface area contributed by atoms with Gasteiger partial charge in [-0.3, -0.25) is 9.80 Å². The molecule has 0 bridgehead atoms. The van der Waals surface area contributed by atoms with E-state index >= 15 is 0 Å². The Morgan fingerprint density at radius 3 is 2.39 bits per heavy atom. The van der Waals surface area contributed by atoms with E-state index in [9.17, 15) is 15.3 Å². The topological polar surface area (TPSA) is 73.7 Å². The first-order chi connectivity index (χ1) is 12.9. The number of rotatable bonds is 8. The number of allylic oxidation sites excluding steroid dienone is 4. The van der Waals surface area contributed by atoms with Crippen molar-refractivity contribution >= 4 is 0 Å². The molecule has 162 valence electrons. The van der Waals surface area contributed by atoms with Crippen molar-refractivity contribution in [2.45, 2.75) is 83.3 Å². The SMILES string of the molecule is CC(CN(C)C(O)(O)CCC1=CC=CCC1)N1C(C)N(C)N(C)C1C(C)(C)O. The van der Waals surface area contributed by atoms with E-state index in [-0.39, 0.29) is 24.8 Å². The van der Waals surface area contributed by atoms with Crippen molar-refractivity contribution in [2.75, 3.05) is 27.7 Å². The van der Waals surface area contributed by atoms with Crippen LogP contribution < -0.4 is 0 Å². The van der Waals surface area contributed by atoms with Crippen LogP contribution in [0.5, 0.6) is 0 Å². The predicted octanol–water partition coefficient (Wildman–Crippen LogP) is 1.54. The fraction of sp³-hybridized carbons (Fsp3) is 0.810. The molecule has 1 aliphatic heterocycles. The van der Waals surface area contributed by atoms with E-state index in [1.54, 1.807) is 11.9 Å². The van der Waals surface area contributed by atoms with Crippen LogP contribution in [0.4, 0.5) is 0 Å². The molecule has 0 aromatic heterocycles. The van der Waals surface area contributed by atoms with Gasteiger partial charge >= 0.3 is 0 Å². The highest BCUT2D eigenvalue weighted by Crippen LogP contribution is 2.32. The molecule has 0 amide bonds. The summed E-state index contributed by atoms with van der Waals surface area (Å²) in [6.07, 6.45) is 9.12.